The molecule has 1 unspecified atom stereocenters. The van der Waals surface area contributed by atoms with Crippen LogP contribution >= 0.6 is 23.7 Å². The van der Waals surface area contributed by atoms with E-state index in [1.54, 1.807) is 0 Å². The van der Waals surface area contributed by atoms with E-state index in [1.165, 1.54) is 15.6 Å². The van der Waals surface area contributed by atoms with Gasteiger partial charge in [-0.15, -0.1) is 23.7 Å². The van der Waals surface area contributed by atoms with Gasteiger partial charge in [0, 0.05) is 10.7 Å². The lowest BCUT2D eigenvalue weighted by molar-refractivity contribution is 0.565. The molecule has 0 bridgehead atoms. The first-order chi connectivity index (χ1) is 7.29. The van der Waals surface area contributed by atoms with E-state index in [4.69, 9.17) is 0 Å². The minimum Gasteiger partial charge on any atom is -0.314 e. The third-order valence-corrected chi connectivity index (χ3v) is 3.51. The van der Waals surface area contributed by atoms with Crippen molar-refractivity contribution in [1.82, 2.24) is 5.32 Å². The molecule has 2 aromatic rings. The Morgan fingerprint density at radius 3 is 2.88 bits per heavy atom. The second-order valence-electron chi connectivity index (χ2n) is 3.96. The smallest absolute Gasteiger partial charge is 0.0342 e. The Bertz CT molecular complexity index is 438. The highest BCUT2D eigenvalue weighted by atomic mass is 35.5. The van der Waals surface area contributed by atoms with Gasteiger partial charge in [0.05, 0.1) is 0 Å². The first-order valence-electron chi connectivity index (χ1n) is 5.49. The average Bonchev–Trinajstić information content (AvgIpc) is 2.65. The molecule has 0 radical (unpaired) electrons. The van der Waals surface area contributed by atoms with E-state index in [0.717, 1.165) is 13.0 Å². The van der Waals surface area contributed by atoms with Crippen LogP contribution in [0.1, 0.15) is 19.4 Å². The van der Waals surface area contributed by atoms with E-state index < -0.39 is 0 Å². The first-order valence-corrected chi connectivity index (χ1v) is 6.37. The molecule has 1 heterocycles. The fourth-order valence-electron chi connectivity index (χ4n) is 1.92. The van der Waals surface area contributed by atoms with Crippen molar-refractivity contribution in [3.8, 4) is 0 Å². The number of nitrogens with one attached hydrogen (secondary N) is 1. The van der Waals surface area contributed by atoms with E-state index in [2.05, 4.69) is 48.8 Å². The number of likely N-dealkylation sites (N-methyl/N-ethyl adjacent to an activating group) is 1. The van der Waals surface area contributed by atoms with E-state index in [9.17, 15) is 0 Å². The molecule has 0 aliphatic rings. The lowest BCUT2D eigenvalue weighted by Crippen LogP contribution is -2.27. The summed E-state index contributed by atoms with van der Waals surface area (Å²) in [6.07, 6.45) is 1.11. The van der Waals surface area contributed by atoms with Crippen molar-refractivity contribution in [2.75, 3.05) is 6.54 Å². The van der Waals surface area contributed by atoms with E-state index in [-0.39, 0.29) is 12.4 Å². The van der Waals surface area contributed by atoms with Gasteiger partial charge in [0.1, 0.15) is 0 Å². The maximum atomic E-state index is 3.44. The van der Waals surface area contributed by atoms with Crippen molar-refractivity contribution in [2.45, 2.75) is 26.3 Å². The van der Waals surface area contributed by atoms with E-state index in [0.29, 0.717) is 6.04 Å². The number of benzene rings is 1. The molecule has 0 aliphatic carbocycles. The van der Waals surface area contributed by atoms with Gasteiger partial charge in [-0.3, -0.25) is 0 Å². The van der Waals surface area contributed by atoms with Crippen LogP contribution in [-0.2, 0) is 6.42 Å². The molecule has 0 spiro atoms. The van der Waals surface area contributed by atoms with Gasteiger partial charge in [0.15, 0.2) is 0 Å². The van der Waals surface area contributed by atoms with Crippen LogP contribution in [0.15, 0.2) is 29.6 Å². The van der Waals surface area contributed by atoms with Crippen LogP contribution in [0.5, 0.6) is 0 Å². The summed E-state index contributed by atoms with van der Waals surface area (Å²) < 4.78 is 1.38. The van der Waals surface area contributed by atoms with E-state index >= 15 is 0 Å². The molecular formula is C13H18ClNS. The molecule has 0 saturated heterocycles. The molecule has 1 nitrogen and oxygen atoms in total. The van der Waals surface area contributed by atoms with Gasteiger partial charge in [-0.2, -0.15) is 0 Å². The molecule has 0 saturated carbocycles. The van der Waals surface area contributed by atoms with Gasteiger partial charge in [-0.1, -0.05) is 19.1 Å². The zero-order chi connectivity index (χ0) is 10.7. The predicted octanol–water partition coefficient (Wildman–Crippen LogP) is 3.86. The maximum Gasteiger partial charge on any atom is 0.0342 e. The van der Waals surface area contributed by atoms with Crippen LogP contribution in [0, 0.1) is 0 Å². The Morgan fingerprint density at radius 1 is 1.31 bits per heavy atom. The van der Waals surface area contributed by atoms with Gasteiger partial charge in [0.25, 0.3) is 0 Å². The molecule has 0 fully saturated rings. The van der Waals surface area contributed by atoms with Crippen molar-refractivity contribution < 1.29 is 0 Å². The number of thiophene rings is 1. The number of halogens is 1. The molecular weight excluding hydrogens is 238 g/mol. The van der Waals surface area contributed by atoms with Gasteiger partial charge < -0.3 is 5.32 Å². The third kappa shape index (κ3) is 3.21. The Labute approximate surface area is 107 Å². The number of fused-ring (bicyclic) bond motifs is 1. The molecule has 0 amide bonds. The highest BCUT2D eigenvalue weighted by Crippen LogP contribution is 2.22. The largest absolute Gasteiger partial charge is 0.314 e. The summed E-state index contributed by atoms with van der Waals surface area (Å²) in [5, 5.41) is 6.97. The number of rotatable bonds is 4. The van der Waals surface area contributed by atoms with Crippen LogP contribution in [0.2, 0.25) is 0 Å². The van der Waals surface area contributed by atoms with Gasteiger partial charge >= 0.3 is 0 Å². The summed E-state index contributed by atoms with van der Waals surface area (Å²) in [5.74, 6) is 0. The Morgan fingerprint density at radius 2 is 2.12 bits per heavy atom. The van der Waals surface area contributed by atoms with Crippen LogP contribution in [-0.4, -0.2) is 12.6 Å². The van der Waals surface area contributed by atoms with Crippen molar-refractivity contribution in [1.29, 1.82) is 0 Å². The Kier molecular flexibility index (Phi) is 5.26. The Balaban J connectivity index is 0.00000128. The molecule has 1 aromatic carbocycles. The van der Waals surface area contributed by atoms with Crippen molar-refractivity contribution in [2.24, 2.45) is 0 Å². The van der Waals surface area contributed by atoms with Crippen molar-refractivity contribution >= 4 is 33.8 Å². The zero-order valence-corrected chi connectivity index (χ0v) is 11.3. The average molecular weight is 256 g/mol. The molecule has 16 heavy (non-hydrogen) atoms. The lowest BCUT2D eigenvalue weighted by Gasteiger charge is -2.11. The summed E-state index contributed by atoms with van der Waals surface area (Å²) >= 11 is 1.81. The summed E-state index contributed by atoms with van der Waals surface area (Å²) in [5.41, 5.74) is 1.43. The third-order valence-electron chi connectivity index (χ3n) is 2.61. The van der Waals surface area contributed by atoms with Crippen molar-refractivity contribution in [3.05, 3.63) is 35.2 Å². The molecule has 1 N–H and O–H groups in total. The minimum atomic E-state index is 0. The topological polar surface area (TPSA) is 12.0 Å². The molecule has 3 heteroatoms. The number of hydrogen-bond donors (Lipinski definition) is 1. The molecule has 1 aromatic heterocycles. The Hall–Kier alpha value is -0.570. The molecule has 1 atom stereocenters. The molecule has 88 valence electrons. The van der Waals surface area contributed by atoms with Crippen LogP contribution in [0.4, 0.5) is 0 Å². The molecule has 0 aliphatic heterocycles. The van der Waals surface area contributed by atoms with Gasteiger partial charge in [-0.05, 0) is 48.4 Å². The fourth-order valence-corrected chi connectivity index (χ4v) is 2.69. The van der Waals surface area contributed by atoms with Crippen LogP contribution in [0.25, 0.3) is 10.1 Å². The number of hydrogen-bond acceptors (Lipinski definition) is 2. The summed E-state index contributed by atoms with van der Waals surface area (Å²) in [6.45, 7) is 5.43. The first kappa shape index (κ1) is 13.5. The van der Waals surface area contributed by atoms with E-state index in [1.807, 2.05) is 11.3 Å². The van der Waals surface area contributed by atoms with Crippen LogP contribution in [0.3, 0.4) is 0 Å². The van der Waals surface area contributed by atoms with Gasteiger partial charge in [-0.25, -0.2) is 0 Å². The quantitative estimate of drug-likeness (QED) is 0.875. The van der Waals surface area contributed by atoms with Crippen molar-refractivity contribution in [3.63, 3.8) is 0 Å². The van der Waals surface area contributed by atoms with Gasteiger partial charge in [0.2, 0.25) is 0 Å². The highest BCUT2D eigenvalue weighted by molar-refractivity contribution is 7.17. The predicted molar refractivity (Wildman–Crippen MR) is 75.9 cm³/mol. The minimum absolute atomic E-state index is 0. The SMILES string of the molecule is CCNC(C)Cc1ccc2sccc2c1.Cl. The standard InChI is InChI=1S/C13H17NS.ClH/c1-3-14-10(2)8-11-4-5-13-12(9-11)6-7-15-13;/h4-7,9-10,14H,3,8H2,1-2H3;1H. The fraction of sp³-hybridized carbons (Fsp3) is 0.385. The summed E-state index contributed by atoms with van der Waals surface area (Å²) in [6, 6.07) is 9.54. The lowest BCUT2D eigenvalue weighted by atomic mass is 10.1. The maximum absolute atomic E-state index is 3.44. The molecule has 2 rings (SSSR count). The highest BCUT2D eigenvalue weighted by Gasteiger charge is 2.02. The van der Waals surface area contributed by atoms with Crippen LogP contribution < -0.4 is 5.32 Å². The second kappa shape index (κ2) is 6.24. The summed E-state index contributed by atoms with van der Waals surface area (Å²) in [4.78, 5) is 0. The summed E-state index contributed by atoms with van der Waals surface area (Å²) in [7, 11) is 0. The second-order valence-corrected chi connectivity index (χ2v) is 4.90. The normalized spacial score (nSPS) is 12.4. The zero-order valence-electron chi connectivity index (χ0n) is 9.69. The monoisotopic (exact) mass is 255 g/mol.